The molecule has 3 aromatic carbocycles. The molecular formula is C29H31FN2O4. The predicted molar refractivity (Wildman–Crippen MR) is 137 cm³/mol. The van der Waals surface area contributed by atoms with Crippen LogP contribution in [0.15, 0.2) is 66.7 Å². The van der Waals surface area contributed by atoms with Crippen LogP contribution in [0.5, 0.6) is 11.5 Å². The molecule has 4 rings (SSSR count). The minimum atomic E-state index is -0.424. The Morgan fingerprint density at radius 3 is 2.50 bits per heavy atom. The lowest BCUT2D eigenvalue weighted by Crippen LogP contribution is -2.41. The number of nitrogens with one attached hydrogen (secondary N) is 1. The van der Waals surface area contributed by atoms with Gasteiger partial charge in [0.2, 0.25) is 5.91 Å². The summed E-state index contributed by atoms with van der Waals surface area (Å²) in [6, 6.07) is 18.6. The van der Waals surface area contributed by atoms with Gasteiger partial charge in [0.1, 0.15) is 17.3 Å². The summed E-state index contributed by atoms with van der Waals surface area (Å²) in [6.07, 6.45) is 1.12. The molecule has 0 aliphatic carbocycles. The molecule has 2 amide bonds. The second-order valence-electron chi connectivity index (χ2n) is 9.32. The van der Waals surface area contributed by atoms with Crippen LogP contribution in [-0.4, -0.2) is 37.0 Å². The van der Waals surface area contributed by atoms with Crippen molar-refractivity contribution in [1.29, 1.82) is 0 Å². The SMILES string of the molecule is COc1ccc(NC(=O)COc2ccc3c(c2)[C@@H](c2cccc(F)c2)N(C(=O)CC(C)C)CC3)cc1. The van der Waals surface area contributed by atoms with Crippen LogP contribution in [0.2, 0.25) is 0 Å². The molecule has 1 aliphatic rings. The zero-order valence-electron chi connectivity index (χ0n) is 20.8. The quantitative estimate of drug-likeness (QED) is 0.461. The fourth-order valence-electron chi connectivity index (χ4n) is 4.47. The summed E-state index contributed by atoms with van der Waals surface area (Å²) < 4.78 is 25.1. The number of halogens is 1. The number of anilines is 1. The number of nitrogens with zero attached hydrogens (tertiary/aromatic N) is 1. The van der Waals surface area contributed by atoms with E-state index in [1.165, 1.54) is 12.1 Å². The maximum absolute atomic E-state index is 14.2. The van der Waals surface area contributed by atoms with Crippen LogP contribution >= 0.6 is 0 Å². The minimum absolute atomic E-state index is 0.0371. The molecule has 36 heavy (non-hydrogen) atoms. The van der Waals surface area contributed by atoms with Gasteiger partial charge in [-0.1, -0.05) is 32.0 Å². The highest BCUT2D eigenvalue weighted by atomic mass is 19.1. The maximum Gasteiger partial charge on any atom is 0.262 e. The van der Waals surface area contributed by atoms with E-state index in [9.17, 15) is 14.0 Å². The molecule has 0 unspecified atom stereocenters. The summed E-state index contributed by atoms with van der Waals surface area (Å²) in [5, 5.41) is 2.79. The summed E-state index contributed by atoms with van der Waals surface area (Å²) in [4.78, 5) is 27.4. The van der Waals surface area contributed by atoms with E-state index < -0.39 is 6.04 Å². The smallest absolute Gasteiger partial charge is 0.262 e. The van der Waals surface area contributed by atoms with Crippen LogP contribution in [0.4, 0.5) is 10.1 Å². The van der Waals surface area contributed by atoms with Gasteiger partial charge in [-0.2, -0.15) is 0 Å². The van der Waals surface area contributed by atoms with Crippen molar-refractivity contribution < 1.29 is 23.5 Å². The van der Waals surface area contributed by atoms with Crippen molar-refractivity contribution in [3.05, 3.63) is 89.2 Å². The first-order valence-electron chi connectivity index (χ1n) is 12.1. The Kier molecular flexibility index (Phi) is 7.88. The van der Waals surface area contributed by atoms with Gasteiger partial charge in [-0.25, -0.2) is 4.39 Å². The van der Waals surface area contributed by atoms with Gasteiger partial charge in [-0.05, 0) is 77.6 Å². The highest BCUT2D eigenvalue weighted by molar-refractivity contribution is 5.91. The zero-order chi connectivity index (χ0) is 25.7. The average Bonchev–Trinajstić information content (AvgIpc) is 2.86. The monoisotopic (exact) mass is 490 g/mol. The standard InChI is InChI=1S/C29H31FN2O4/c1-19(2)15-28(34)32-14-13-20-7-10-25(17-26(20)29(32)21-5-4-6-22(30)16-21)36-18-27(33)31-23-8-11-24(35-3)12-9-23/h4-12,16-17,19,29H,13-15,18H2,1-3H3,(H,31,33)/t29-/m1/s1. The molecule has 1 aliphatic heterocycles. The molecule has 0 fully saturated rings. The molecule has 188 valence electrons. The van der Waals surface area contributed by atoms with Gasteiger partial charge < -0.3 is 19.7 Å². The Hall–Kier alpha value is -3.87. The van der Waals surface area contributed by atoms with Crippen molar-refractivity contribution in [3.63, 3.8) is 0 Å². The maximum atomic E-state index is 14.2. The van der Waals surface area contributed by atoms with E-state index in [0.29, 0.717) is 42.1 Å². The van der Waals surface area contributed by atoms with E-state index in [4.69, 9.17) is 9.47 Å². The molecule has 1 heterocycles. The summed E-state index contributed by atoms with van der Waals surface area (Å²) in [5.41, 5.74) is 3.31. The van der Waals surface area contributed by atoms with E-state index in [2.05, 4.69) is 5.32 Å². The van der Waals surface area contributed by atoms with Crippen molar-refractivity contribution in [2.45, 2.75) is 32.7 Å². The Balaban J connectivity index is 1.54. The summed E-state index contributed by atoms with van der Waals surface area (Å²) in [6.45, 7) is 4.40. The van der Waals surface area contributed by atoms with Gasteiger partial charge in [0, 0.05) is 18.7 Å². The number of carbonyl (C=O) groups is 2. The first kappa shape index (κ1) is 25.2. The fraction of sp³-hybridized carbons (Fsp3) is 0.310. The first-order valence-corrected chi connectivity index (χ1v) is 12.1. The van der Waals surface area contributed by atoms with Crippen molar-refractivity contribution in [3.8, 4) is 11.5 Å². The third-order valence-electron chi connectivity index (χ3n) is 6.16. The minimum Gasteiger partial charge on any atom is -0.497 e. The van der Waals surface area contributed by atoms with E-state index in [1.54, 1.807) is 37.4 Å². The number of hydrogen-bond acceptors (Lipinski definition) is 4. The number of ether oxygens (including phenoxy) is 2. The molecular weight excluding hydrogens is 459 g/mol. The molecule has 1 N–H and O–H groups in total. The number of carbonyl (C=O) groups excluding carboxylic acids is 2. The normalized spacial score (nSPS) is 14.8. The zero-order valence-corrected chi connectivity index (χ0v) is 20.8. The third kappa shape index (κ3) is 6.03. The van der Waals surface area contributed by atoms with E-state index in [-0.39, 0.29) is 30.2 Å². The highest BCUT2D eigenvalue weighted by Crippen LogP contribution is 2.38. The van der Waals surface area contributed by atoms with Gasteiger partial charge in [0.25, 0.3) is 5.91 Å². The van der Waals surface area contributed by atoms with Crippen LogP contribution in [0.1, 0.15) is 43.0 Å². The van der Waals surface area contributed by atoms with Crippen LogP contribution in [0.3, 0.4) is 0 Å². The highest BCUT2D eigenvalue weighted by Gasteiger charge is 2.32. The van der Waals surface area contributed by atoms with Crippen molar-refractivity contribution in [2.75, 3.05) is 25.6 Å². The van der Waals surface area contributed by atoms with Crippen LogP contribution in [-0.2, 0) is 16.0 Å². The molecule has 1 atom stereocenters. The lowest BCUT2D eigenvalue weighted by molar-refractivity contribution is -0.134. The molecule has 0 saturated heterocycles. The Bertz CT molecular complexity index is 1230. The van der Waals surface area contributed by atoms with Gasteiger partial charge in [0.05, 0.1) is 13.2 Å². The van der Waals surface area contributed by atoms with E-state index >= 15 is 0 Å². The molecule has 0 spiro atoms. The first-order chi connectivity index (χ1) is 17.3. The van der Waals surface area contributed by atoms with Gasteiger partial charge in [-0.3, -0.25) is 9.59 Å². The summed E-state index contributed by atoms with van der Waals surface area (Å²) >= 11 is 0. The Morgan fingerprint density at radius 1 is 1.06 bits per heavy atom. The second-order valence-corrected chi connectivity index (χ2v) is 9.32. The molecule has 3 aromatic rings. The van der Waals surface area contributed by atoms with Crippen LogP contribution in [0.25, 0.3) is 0 Å². The average molecular weight is 491 g/mol. The number of methoxy groups -OCH3 is 1. The predicted octanol–water partition coefficient (Wildman–Crippen LogP) is 5.37. The number of amides is 2. The third-order valence-corrected chi connectivity index (χ3v) is 6.16. The second kappa shape index (κ2) is 11.2. The summed E-state index contributed by atoms with van der Waals surface area (Å²) in [7, 11) is 1.58. The van der Waals surface area contributed by atoms with Crippen molar-refractivity contribution >= 4 is 17.5 Å². The number of benzene rings is 3. The molecule has 0 saturated carbocycles. The molecule has 0 bridgehead atoms. The van der Waals surface area contributed by atoms with Crippen LogP contribution in [0, 0.1) is 11.7 Å². The van der Waals surface area contributed by atoms with Gasteiger partial charge in [-0.15, -0.1) is 0 Å². The van der Waals surface area contributed by atoms with Gasteiger partial charge >= 0.3 is 0 Å². The number of fused-ring (bicyclic) bond motifs is 1. The van der Waals surface area contributed by atoms with Crippen molar-refractivity contribution in [2.24, 2.45) is 5.92 Å². The van der Waals surface area contributed by atoms with E-state index in [0.717, 1.165) is 11.1 Å². The topological polar surface area (TPSA) is 67.9 Å². The molecule has 0 aromatic heterocycles. The lowest BCUT2D eigenvalue weighted by Gasteiger charge is -2.38. The van der Waals surface area contributed by atoms with E-state index in [1.807, 2.05) is 43.0 Å². The Morgan fingerprint density at radius 2 is 1.81 bits per heavy atom. The number of rotatable bonds is 8. The lowest BCUT2D eigenvalue weighted by atomic mass is 9.87. The molecule has 6 nitrogen and oxygen atoms in total. The van der Waals surface area contributed by atoms with Gasteiger partial charge in [0.15, 0.2) is 6.61 Å². The fourth-order valence-corrected chi connectivity index (χ4v) is 4.47. The largest absolute Gasteiger partial charge is 0.497 e. The Labute approximate surface area is 211 Å². The molecule has 0 radical (unpaired) electrons. The molecule has 7 heteroatoms. The van der Waals surface area contributed by atoms with Crippen molar-refractivity contribution in [1.82, 2.24) is 4.90 Å². The van der Waals surface area contributed by atoms with Crippen LogP contribution < -0.4 is 14.8 Å². The number of hydrogen-bond donors (Lipinski definition) is 1. The summed E-state index contributed by atoms with van der Waals surface area (Å²) in [5.74, 6) is 0.818.